The molecule has 0 bridgehead atoms. The van der Waals surface area contributed by atoms with Crippen LogP contribution in [0.15, 0.2) is 0 Å². The topological polar surface area (TPSA) is 58.4 Å². The van der Waals surface area contributed by atoms with Gasteiger partial charge in [-0.3, -0.25) is 4.79 Å². The summed E-state index contributed by atoms with van der Waals surface area (Å²) >= 11 is 0. The number of carbonyl (C=O) groups excluding carboxylic acids is 1. The zero-order valence-corrected chi connectivity index (χ0v) is 8.25. The second kappa shape index (κ2) is 5.19. The molecule has 1 aliphatic heterocycles. The van der Waals surface area contributed by atoms with Crippen molar-refractivity contribution in [2.75, 3.05) is 26.2 Å². The first kappa shape index (κ1) is 10.5. The van der Waals surface area contributed by atoms with Crippen molar-refractivity contribution in [1.82, 2.24) is 10.2 Å². The number of nitrogens with two attached hydrogens (primary N) is 1. The van der Waals surface area contributed by atoms with Crippen LogP contribution in [0.3, 0.4) is 0 Å². The highest BCUT2D eigenvalue weighted by Gasteiger charge is 2.19. The maximum Gasteiger partial charge on any atom is 0.217 e. The minimum atomic E-state index is 0.0691. The number of rotatable bonds is 3. The molecule has 0 spiro atoms. The van der Waals surface area contributed by atoms with E-state index < -0.39 is 0 Å². The van der Waals surface area contributed by atoms with Gasteiger partial charge >= 0.3 is 0 Å². The van der Waals surface area contributed by atoms with Crippen molar-refractivity contribution in [3.8, 4) is 0 Å². The molecule has 0 aromatic rings. The largest absolute Gasteiger partial charge is 0.352 e. The minimum absolute atomic E-state index is 0.0691. The van der Waals surface area contributed by atoms with Gasteiger partial charge in [-0.2, -0.15) is 0 Å². The van der Waals surface area contributed by atoms with Crippen molar-refractivity contribution in [3.05, 3.63) is 0 Å². The molecule has 13 heavy (non-hydrogen) atoms. The van der Waals surface area contributed by atoms with E-state index in [1.54, 1.807) is 6.92 Å². The number of piperidine rings is 1. The molecular formula is C9H19N3O. The molecule has 4 nitrogen and oxygen atoms in total. The highest BCUT2D eigenvalue weighted by molar-refractivity contribution is 5.73. The van der Waals surface area contributed by atoms with Gasteiger partial charge in [-0.25, -0.2) is 0 Å². The first-order chi connectivity index (χ1) is 6.22. The average molecular weight is 185 g/mol. The standard InChI is InChI=1S/C9H19N3O/c1-8(13)11-9-3-2-5-12(7-9)6-4-10/h9H,2-7,10H2,1H3,(H,11,13)/t9-/m0/s1. The van der Waals surface area contributed by atoms with Crippen LogP contribution in [0.2, 0.25) is 0 Å². The van der Waals surface area contributed by atoms with Gasteiger partial charge in [-0.05, 0) is 19.4 Å². The molecule has 1 amide bonds. The molecule has 1 atom stereocenters. The van der Waals surface area contributed by atoms with Gasteiger partial charge in [-0.15, -0.1) is 0 Å². The molecule has 1 aliphatic rings. The van der Waals surface area contributed by atoms with Gasteiger partial charge < -0.3 is 16.0 Å². The fourth-order valence-electron chi connectivity index (χ4n) is 1.85. The molecule has 1 heterocycles. The Morgan fingerprint density at radius 1 is 1.69 bits per heavy atom. The van der Waals surface area contributed by atoms with E-state index in [1.807, 2.05) is 0 Å². The lowest BCUT2D eigenvalue weighted by Crippen LogP contribution is -2.48. The van der Waals surface area contributed by atoms with Gasteiger partial charge in [0.25, 0.3) is 0 Å². The Morgan fingerprint density at radius 3 is 3.08 bits per heavy atom. The lowest BCUT2D eigenvalue weighted by atomic mass is 10.1. The van der Waals surface area contributed by atoms with Crippen molar-refractivity contribution >= 4 is 5.91 Å². The number of nitrogens with zero attached hydrogens (tertiary/aromatic N) is 1. The molecule has 0 aromatic carbocycles. The van der Waals surface area contributed by atoms with E-state index in [0.29, 0.717) is 12.6 Å². The minimum Gasteiger partial charge on any atom is -0.352 e. The molecule has 76 valence electrons. The molecule has 0 aromatic heterocycles. The van der Waals surface area contributed by atoms with Gasteiger partial charge in [0.15, 0.2) is 0 Å². The summed E-state index contributed by atoms with van der Waals surface area (Å²) < 4.78 is 0. The second-order valence-corrected chi connectivity index (χ2v) is 3.63. The van der Waals surface area contributed by atoms with Crippen molar-refractivity contribution < 1.29 is 4.79 Å². The van der Waals surface area contributed by atoms with Crippen LogP contribution in [0.1, 0.15) is 19.8 Å². The lowest BCUT2D eigenvalue weighted by molar-refractivity contribution is -0.120. The quantitative estimate of drug-likeness (QED) is 0.626. The van der Waals surface area contributed by atoms with Crippen LogP contribution < -0.4 is 11.1 Å². The lowest BCUT2D eigenvalue weighted by Gasteiger charge is -2.32. The smallest absolute Gasteiger partial charge is 0.217 e. The van der Waals surface area contributed by atoms with E-state index >= 15 is 0 Å². The molecule has 1 rings (SSSR count). The van der Waals surface area contributed by atoms with Crippen LogP contribution in [0.4, 0.5) is 0 Å². The van der Waals surface area contributed by atoms with Crippen LogP contribution in [0.25, 0.3) is 0 Å². The Balaban J connectivity index is 2.28. The summed E-state index contributed by atoms with van der Waals surface area (Å²) in [6, 6.07) is 0.331. The SMILES string of the molecule is CC(=O)N[C@H]1CCCN(CCN)C1. The molecular weight excluding hydrogens is 166 g/mol. The van der Waals surface area contributed by atoms with E-state index in [0.717, 1.165) is 32.5 Å². The predicted octanol–water partition coefficient (Wildman–Crippen LogP) is -0.454. The zero-order chi connectivity index (χ0) is 9.68. The van der Waals surface area contributed by atoms with Gasteiger partial charge in [0.1, 0.15) is 0 Å². The Labute approximate surface area is 79.5 Å². The van der Waals surface area contributed by atoms with Crippen LogP contribution in [-0.2, 0) is 4.79 Å². The Bertz CT molecular complexity index is 170. The molecule has 0 saturated carbocycles. The monoisotopic (exact) mass is 185 g/mol. The Morgan fingerprint density at radius 2 is 2.46 bits per heavy atom. The van der Waals surface area contributed by atoms with Crippen molar-refractivity contribution in [1.29, 1.82) is 0 Å². The van der Waals surface area contributed by atoms with Crippen LogP contribution in [0, 0.1) is 0 Å². The van der Waals surface area contributed by atoms with Gasteiger partial charge in [0, 0.05) is 32.6 Å². The summed E-state index contributed by atoms with van der Waals surface area (Å²) in [6.07, 6.45) is 2.26. The molecule has 4 heteroatoms. The number of nitrogens with one attached hydrogen (secondary N) is 1. The van der Waals surface area contributed by atoms with Crippen molar-refractivity contribution in [2.24, 2.45) is 5.73 Å². The second-order valence-electron chi connectivity index (χ2n) is 3.63. The van der Waals surface area contributed by atoms with Crippen LogP contribution in [0.5, 0.6) is 0 Å². The average Bonchev–Trinajstić information content (AvgIpc) is 2.04. The Kier molecular flexibility index (Phi) is 4.18. The normalized spacial score (nSPS) is 24.3. The molecule has 0 aliphatic carbocycles. The van der Waals surface area contributed by atoms with Gasteiger partial charge in [0.05, 0.1) is 0 Å². The molecule has 3 N–H and O–H groups in total. The summed E-state index contributed by atoms with van der Waals surface area (Å²) in [5, 5.41) is 2.95. The molecule has 0 unspecified atom stereocenters. The van der Waals surface area contributed by atoms with E-state index in [2.05, 4.69) is 10.2 Å². The predicted molar refractivity (Wildman–Crippen MR) is 52.3 cm³/mol. The fraction of sp³-hybridized carbons (Fsp3) is 0.889. The van der Waals surface area contributed by atoms with Gasteiger partial charge in [0.2, 0.25) is 5.91 Å². The summed E-state index contributed by atoms with van der Waals surface area (Å²) in [6.45, 7) is 5.29. The third kappa shape index (κ3) is 3.74. The number of likely N-dealkylation sites (tertiary alicyclic amines) is 1. The summed E-state index contributed by atoms with van der Waals surface area (Å²) in [5.74, 6) is 0.0691. The number of carbonyl (C=O) groups is 1. The first-order valence-electron chi connectivity index (χ1n) is 4.92. The number of amides is 1. The highest BCUT2D eigenvalue weighted by Crippen LogP contribution is 2.08. The third-order valence-corrected chi connectivity index (χ3v) is 2.36. The summed E-state index contributed by atoms with van der Waals surface area (Å²) in [4.78, 5) is 13.1. The Hall–Kier alpha value is -0.610. The number of hydrogen-bond acceptors (Lipinski definition) is 3. The van der Waals surface area contributed by atoms with Crippen LogP contribution >= 0.6 is 0 Å². The summed E-state index contributed by atoms with van der Waals surface area (Å²) in [5.41, 5.74) is 5.48. The maximum absolute atomic E-state index is 10.8. The van der Waals surface area contributed by atoms with E-state index in [4.69, 9.17) is 5.73 Å². The molecule has 1 fully saturated rings. The van der Waals surface area contributed by atoms with Crippen LogP contribution in [-0.4, -0.2) is 43.0 Å². The summed E-state index contributed by atoms with van der Waals surface area (Å²) in [7, 11) is 0. The van der Waals surface area contributed by atoms with Gasteiger partial charge in [-0.1, -0.05) is 0 Å². The van der Waals surface area contributed by atoms with E-state index in [9.17, 15) is 4.79 Å². The van der Waals surface area contributed by atoms with Crippen molar-refractivity contribution in [2.45, 2.75) is 25.8 Å². The van der Waals surface area contributed by atoms with E-state index in [-0.39, 0.29) is 5.91 Å². The molecule has 1 saturated heterocycles. The molecule has 0 radical (unpaired) electrons. The van der Waals surface area contributed by atoms with E-state index in [1.165, 1.54) is 0 Å². The fourth-order valence-corrected chi connectivity index (χ4v) is 1.85. The van der Waals surface area contributed by atoms with Crippen molar-refractivity contribution in [3.63, 3.8) is 0 Å². The third-order valence-electron chi connectivity index (χ3n) is 2.36. The number of hydrogen-bond donors (Lipinski definition) is 2. The zero-order valence-electron chi connectivity index (χ0n) is 8.25. The first-order valence-corrected chi connectivity index (χ1v) is 4.92. The maximum atomic E-state index is 10.8. The highest BCUT2D eigenvalue weighted by atomic mass is 16.1.